The number of piperidine rings is 1. The monoisotopic (exact) mass is 272 g/mol. The van der Waals surface area contributed by atoms with E-state index in [1.165, 1.54) is 0 Å². The van der Waals surface area contributed by atoms with Crippen LogP contribution < -0.4 is 0 Å². The molecule has 0 aromatic heterocycles. The zero-order valence-corrected chi connectivity index (χ0v) is 12.0. The van der Waals surface area contributed by atoms with E-state index in [1.807, 2.05) is 30.3 Å². The molecule has 4 nitrogen and oxygen atoms in total. The highest BCUT2D eigenvalue weighted by Crippen LogP contribution is 2.24. The number of ether oxygens (including phenoxy) is 1. The standard InChI is InChI=1S/C16H20N2O2/c1-12-8-9-18(11-15(12)20-2)16(19)14(10-17)13-6-4-3-5-7-13/h3-7,12,14-15H,8-9,11H2,1-2H3. The summed E-state index contributed by atoms with van der Waals surface area (Å²) >= 11 is 0. The summed E-state index contributed by atoms with van der Waals surface area (Å²) in [7, 11) is 1.67. The lowest BCUT2D eigenvalue weighted by molar-refractivity contribution is -0.136. The van der Waals surface area contributed by atoms with Crippen LogP contribution in [0.25, 0.3) is 0 Å². The first-order valence-electron chi connectivity index (χ1n) is 6.93. The molecule has 4 heteroatoms. The van der Waals surface area contributed by atoms with E-state index < -0.39 is 5.92 Å². The third-order valence-corrected chi connectivity index (χ3v) is 4.01. The van der Waals surface area contributed by atoms with Crippen molar-refractivity contribution >= 4 is 5.91 Å². The van der Waals surface area contributed by atoms with Crippen molar-refractivity contribution in [1.29, 1.82) is 5.26 Å². The average molecular weight is 272 g/mol. The number of hydrogen-bond donors (Lipinski definition) is 0. The Morgan fingerprint density at radius 3 is 2.75 bits per heavy atom. The number of hydrogen-bond acceptors (Lipinski definition) is 3. The molecule has 20 heavy (non-hydrogen) atoms. The lowest BCUT2D eigenvalue weighted by atomic mass is 9.93. The second kappa shape index (κ2) is 6.53. The van der Waals surface area contributed by atoms with Gasteiger partial charge in [-0.05, 0) is 17.9 Å². The first-order valence-corrected chi connectivity index (χ1v) is 6.93. The Bertz CT molecular complexity index is 495. The fourth-order valence-corrected chi connectivity index (χ4v) is 2.64. The number of benzene rings is 1. The van der Waals surface area contributed by atoms with Gasteiger partial charge in [0.1, 0.15) is 5.92 Å². The minimum Gasteiger partial charge on any atom is -0.379 e. The summed E-state index contributed by atoms with van der Waals surface area (Å²) in [5, 5.41) is 9.33. The van der Waals surface area contributed by atoms with E-state index in [0.29, 0.717) is 19.0 Å². The third kappa shape index (κ3) is 3.00. The minimum absolute atomic E-state index is 0.0582. The Balaban J connectivity index is 2.12. The van der Waals surface area contributed by atoms with Crippen molar-refractivity contribution in [3.63, 3.8) is 0 Å². The molecule has 1 aromatic rings. The summed E-state index contributed by atoms with van der Waals surface area (Å²) < 4.78 is 5.43. The van der Waals surface area contributed by atoms with Gasteiger partial charge in [-0.15, -0.1) is 0 Å². The van der Waals surface area contributed by atoms with Crippen LogP contribution in [0.3, 0.4) is 0 Å². The van der Waals surface area contributed by atoms with Gasteiger partial charge >= 0.3 is 0 Å². The highest BCUT2D eigenvalue weighted by atomic mass is 16.5. The summed E-state index contributed by atoms with van der Waals surface area (Å²) in [6, 6.07) is 11.4. The van der Waals surface area contributed by atoms with Gasteiger partial charge in [0, 0.05) is 20.2 Å². The number of rotatable bonds is 3. The summed E-state index contributed by atoms with van der Waals surface area (Å²) in [5.41, 5.74) is 0.757. The molecule has 1 heterocycles. The first kappa shape index (κ1) is 14.5. The zero-order valence-electron chi connectivity index (χ0n) is 12.0. The van der Waals surface area contributed by atoms with Gasteiger partial charge in [0.25, 0.3) is 0 Å². The third-order valence-electron chi connectivity index (χ3n) is 4.01. The molecule has 3 unspecified atom stereocenters. The van der Waals surface area contributed by atoms with Gasteiger partial charge in [-0.25, -0.2) is 0 Å². The quantitative estimate of drug-likeness (QED) is 0.847. The van der Waals surface area contributed by atoms with Crippen LogP contribution in [0.15, 0.2) is 30.3 Å². The number of nitriles is 1. The number of likely N-dealkylation sites (tertiary alicyclic amines) is 1. The van der Waals surface area contributed by atoms with Crippen molar-refractivity contribution in [2.24, 2.45) is 5.92 Å². The Morgan fingerprint density at radius 1 is 1.45 bits per heavy atom. The number of nitrogens with zero attached hydrogens (tertiary/aromatic N) is 2. The molecule has 106 valence electrons. The molecular formula is C16H20N2O2. The maximum absolute atomic E-state index is 12.5. The molecule has 1 saturated heterocycles. The topological polar surface area (TPSA) is 53.3 Å². The molecule has 1 amide bonds. The van der Waals surface area contributed by atoms with Crippen molar-refractivity contribution in [3.8, 4) is 6.07 Å². The highest BCUT2D eigenvalue weighted by Gasteiger charge is 2.32. The van der Waals surface area contributed by atoms with Crippen molar-refractivity contribution in [3.05, 3.63) is 35.9 Å². The summed E-state index contributed by atoms with van der Waals surface area (Å²) in [4.78, 5) is 14.3. The molecule has 0 radical (unpaired) electrons. The van der Waals surface area contributed by atoms with Gasteiger partial charge in [0.15, 0.2) is 0 Å². The van der Waals surface area contributed by atoms with Gasteiger partial charge in [0.2, 0.25) is 5.91 Å². The first-order chi connectivity index (χ1) is 9.67. The lowest BCUT2D eigenvalue weighted by Gasteiger charge is -2.37. The van der Waals surface area contributed by atoms with Gasteiger partial charge < -0.3 is 9.64 Å². The van der Waals surface area contributed by atoms with Crippen LogP contribution in [0.5, 0.6) is 0 Å². The van der Waals surface area contributed by atoms with E-state index >= 15 is 0 Å². The van der Waals surface area contributed by atoms with E-state index in [2.05, 4.69) is 13.0 Å². The molecular weight excluding hydrogens is 252 g/mol. The van der Waals surface area contributed by atoms with Crippen molar-refractivity contribution in [2.45, 2.75) is 25.4 Å². The normalized spacial score (nSPS) is 23.9. The molecule has 1 aromatic carbocycles. The van der Waals surface area contributed by atoms with Gasteiger partial charge in [-0.3, -0.25) is 4.79 Å². The summed E-state index contributed by atoms with van der Waals surface area (Å²) in [5.74, 6) is -0.393. The number of carbonyl (C=O) groups is 1. The molecule has 0 aliphatic carbocycles. The van der Waals surface area contributed by atoms with Crippen LogP contribution in [-0.4, -0.2) is 37.1 Å². The van der Waals surface area contributed by atoms with Crippen LogP contribution in [0, 0.1) is 17.2 Å². The molecule has 1 aliphatic rings. The second-order valence-electron chi connectivity index (χ2n) is 5.30. The fraction of sp³-hybridized carbons (Fsp3) is 0.500. The molecule has 0 bridgehead atoms. The van der Waals surface area contributed by atoms with Gasteiger partial charge in [-0.2, -0.15) is 5.26 Å². The predicted octanol–water partition coefficient (Wildman–Crippen LogP) is 2.18. The van der Waals surface area contributed by atoms with E-state index in [0.717, 1.165) is 12.0 Å². The SMILES string of the molecule is COC1CN(C(=O)C(C#N)c2ccccc2)CCC1C. The molecule has 0 saturated carbocycles. The summed E-state index contributed by atoms with van der Waals surface area (Å²) in [6.07, 6.45) is 0.972. The van der Waals surface area contributed by atoms with Crippen LogP contribution in [-0.2, 0) is 9.53 Å². The Hall–Kier alpha value is -1.86. The van der Waals surface area contributed by atoms with E-state index in [4.69, 9.17) is 4.74 Å². The van der Waals surface area contributed by atoms with E-state index in [9.17, 15) is 10.1 Å². The predicted molar refractivity (Wildman–Crippen MR) is 76.0 cm³/mol. The fourth-order valence-electron chi connectivity index (χ4n) is 2.64. The lowest BCUT2D eigenvalue weighted by Crippen LogP contribution is -2.48. The Labute approximate surface area is 120 Å². The van der Waals surface area contributed by atoms with Crippen LogP contribution in [0.2, 0.25) is 0 Å². The highest BCUT2D eigenvalue weighted by molar-refractivity contribution is 5.86. The second-order valence-corrected chi connectivity index (χ2v) is 5.30. The summed E-state index contributed by atoms with van der Waals surface area (Å²) in [6.45, 7) is 3.40. The largest absolute Gasteiger partial charge is 0.379 e. The number of amides is 1. The molecule has 3 atom stereocenters. The molecule has 0 N–H and O–H groups in total. The molecule has 1 fully saturated rings. The molecule has 2 rings (SSSR count). The van der Waals surface area contributed by atoms with Crippen molar-refractivity contribution < 1.29 is 9.53 Å². The van der Waals surface area contributed by atoms with Crippen LogP contribution in [0.1, 0.15) is 24.8 Å². The molecule has 1 aliphatic heterocycles. The Kier molecular flexibility index (Phi) is 4.75. The van der Waals surface area contributed by atoms with Crippen molar-refractivity contribution in [1.82, 2.24) is 4.90 Å². The Morgan fingerprint density at radius 2 is 2.15 bits per heavy atom. The maximum Gasteiger partial charge on any atom is 0.244 e. The minimum atomic E-state index is -0.720. The van der Waals surface area contributed by atoms with Crippen LogP contribution in [0.4, 0.5) is 0 Å². The zero-order chi connectivity index (χ0) is 14.5. The molecule has 0 spiro atoms. The maximum atomic E-state index is 12.5. The van der Waals surface area contributed by atoms with Gasteiger partial charge in [-0.1, -0.05) is 37.3 Å². The average Bonchev–Trinajstić information content (AvgIpc) is 2.49. The number of carbonyl (C=O) groups excluding carboxylic acids is 1. The number of methoxy groups -OCH3 is 1. The van der Waals surface area contributed by atoms with Crippen LogP contribution >= 0.6 is 0 Å². The van der Waals surface area contributed by atoms with Gasteiger partial charge in [0.05, 0.1) is 12.2 Å². The smallest absolute Gasteiger partial charge is 0.244 e. The van der Waals surface area contributed by atoms with E-state index in [-0.39, 0.29) is 12.0 Å². The van der Waals surface area contributed by atoms with Crippen molar-refractivity contribution in [2.75, 3.05) is 20.2 Å². The van der Waals surface area contributed by atoms with E-state index in [1.54, 1.807) is 12.0 Å².